The number of benzene rings is 4. The number of nitrogens with one attached hydrogen (secondary N) is 2. The van der Waals surface area contributed by atoms with Gasteiger partial charge < -0.3 is 20.4 Å². The Morgan fingerprint density at radius 2 is 0.967 bits per heavy atom. The lowest BCUT2D eigenvalue weighted by molar-refractivity contribution is 0.405. The highest BCUT2D eigenvalue weighted by Gasteiger charge is 2.13. The standard InChI is InChI=1S/C26H34N4/c1-29(2)17-5-15-27-23-13-9-19-8-12-22-24(28-16-6-18-30(3)4)14-10-20-7-11-21(23)25(19)26(20)22/h7-14,27-28H,5-6,15-18H2,1-4H3. The van der Waals surface area contributed by atoms with Crippen molar-refractivity contribution in [3.05, 3.63) is 48.5 Å². The maximum absolute atomic E-state index is 3.67. The minimum absolute atomic E-state index is 0.987. The molecule has 0 atom stereocenters. The lowest BCUT2D eigenvalue weighted by Crippen LogP contribution is -2.16. The van der Waals surface area contributed by atoms with Gasteiger partial charge in [0, 0.05) is 35.2 Å². The maximum atomic E-state index is 3.67. The second kappa shape index (κ2) is 9.07. The average molecular weight is 403 g/mol. The molecule has 0 heterocycles. The van der Waals surface area contributed by atoms with E-state index in [-0.39, 0.29) is 0 Å². The summed E-state index contributed by atoms with van der Waals surface area (Å²) in [5, 5.41) is 15.4. The first kappa shape index (κ1) is 20.7. The molecule has 0 fully saturated rings. The monoisotopic (exact) mass is 402 g/mol. The van der Waals surface area contributed by atoms with Gasteiger partial charge in [-0.05, 0) is 87.8 Å². The molecule has 0 aliphatic rings. The minimum atomic E-state index is 0.987. The third-order valence-electron chi connectivity index (χ3n) is 5.86. The fraction of sp³-hybridized carbons (Fsp3) is 0.385. The van der Waals surface area contributed by atoms with Crippen molar-refractivity contribution in [3.8, 4) is 0 Å². The highest BCUT2D eigenvalue weighted by molar-refractivity contribution is 6.27. The first-order chi connectivity index (χ1) is 14.5. The molecule has 158 valence electrons. The average Bonchev–Trinajstić information content (AvgIpc) is 2.73. The number of hydrogen-bond donors (Lipinski definition) is 2. The molecule has 0 amide bonds. The minimum Gasteiger partial charge on any atom is -0.384 e. The van der Waals surface area contributed by atoms with E-state index in [1.165, 1.54) is 43.7 Å². The normalized spacial score (nSPS) is 12.1. The number of nitrogens with zero attached hydrogens (tertiary/aromatic N) is 2. The third-order valence-corrected chi connectivity index (χ3v) is 5.86. The quantitative estimate of drug-likeness (QED) is 0.278. The van der Waals surface area contributed by atoms with Crippen molar-refractivity contribution in [3.63, 3.8) is 0 Å². The van der Waals surface area contributed by atoms with Crippen molar-refractivity contribution >= 4 is 43.7 Å². The second-order valence-electron chi connectivity index (χ2n) is 8.82. The summed E-state index contributed by atoms with van der Waals surface area (Å²) in [5.74, 6) is 0. The van der Waals surface area contributed by atoms with Gasteiger partial charge in [-0.3, -0.25) is 0 Å². The number of anilines is 2. The van der Waals surface area contributed by atoms with E-state index in [0.29, 0.717) is 0 Å². The van der Waals surface area contributed by atoms with Crippen LogP contribution in [0.1, 0.15) is 12.8 Å². The van der Waals surface area contributed by atoms with Crippen molar-refractivity contribution in [1.29, 1.82) is 0 Å². The van der Waals surface area contributed by atoms with E-state index in [2.05, 4.69) is 97.2 Å². The second-order valence-corrected chi connectivity index (χ2v) is 8.82. The van der Waals surface area contributed by atoms with Crippen LogP contribution in [-0.2, 0) is 0 Å². The Balaban J connectivity index is 1.68. The van der Waals surface area contributed by atoms with Crippen LogP contribution in [0.4, 0.5) is 11.4 Å². The topological polar surface area (TPSA) is 30.5 Å². The largest absolute Gasteiger partial charge is 0.384 e. The van der Waals surface area contributed by atoms with Crippen LogP contribution in [0.2, 0.25) is 0 Å². The van der Waals surface area contributed by atoms with E-state index in [0.717, 1.165) is 39.0 Å². The van der Waals surface area contributed by atoms with Gasteiger partial charge >= 0.3 is 0 Å². The SMILES string of the molecule is CN(C)CCCNc1ccc2ccc3c(NCCCN(C)C)ccc4ccc1c2c43. The zero-order valence-corrected chi connectivity index (χ0v) is 18.8. The summed E-state index contributed by atoms with van der Waals surface area (Å²) in [6.45, 7) is 4.17. The molecular weight excluding hydrogens is 368 g/mol. The Morgan fingerprint density at radius 3 is 1.37 bits per heavy atom. The van der Waals surface area contributed by atoms with E-state index in [9.17, 15) is 0 Å². The number of rotatable bonds is 10. The molecule has 0 spiro atoms. The van der Waals surface area contributed by atoms with E-state index in [4.69, 9.17) is 0 Å². The van der Waals surface area contributed by atoms with Gasteiger partial charge in [-0.15, -0.1) is 0 Å². The molecule has 4 aromatic rings. The Hall–Kier alpha value is -2.56. The van der Waals surface area contributed by atoms with Crippen LogP contribution in [0.3, 0.4) is 0 Å². The molecule has 30 heavy (non-hydrogen) atoms. The molecule has 2 N–H and O–H groups in total. The summed E-state index contributed by atoms with van der Waals surface area (Å²) in [6, 6.07) is 18.1. The third kappa shape index (κ3) is 4.30. The molecule has 4 aromatic carbocycles. The Morgan fingerprint density at radius 1 is 0.567 bits per heavy atom. The summed E-state index contributed by atoms with van der Waals surface area (Å²) in [6.07, 6.45) is 2.27. The molecule has 4 heteroatoms. The predicted molar refractivity (Wildman–Crippen MR) is 133 cm³/mol. The van der Waals surface area contributed by atoms with Crippen molar-refractivity contribution < 1.29 is 0 Å². The van der Waals surface area contributed by atoms with E-state index in [1.54, 1.807) is 0 Å². The van der Waals surface area contributed by atoms with E-state index < -0.39 is 0 Å². The highest BCUT2D eigenvalue weighted by Crippen LogP contribution is 2.40. The van der Waals surface area contributed by atoms with Gasteiger partial charge in [-0.1, -0.05) is 36.4 Å². The van der Waals surface area contributed by atoms with Crippen LogP contribution in [-0.4, -0.2) is 64.2 Å². The van der Waals surface area contributed by atoms with Crippen molar-refractivity contribution in [2.45, 2.75) is 12.8 Å². The first-order valence-corrected chi connectivity index (χ1v) is 11.0. The van der Waals surface area contributed by atoms with Gasteiger partial charge in [0.2, 0.25) is 0 Å². The predicted octanol–water partition coefficient (Wildman–Crippen LogP) is 5.31. The fourth-order valence-corrected chi connectivity index (χ4v) is 4.35. The smallest absolute Gasteiger partial charge is 0.0420 e. The molecular formula is C26H34N4. The zero-order valence-electron chi connectivity index (χ0n) is 18.8. The van der Waals surface area contributed by atoms with E-state index >= 15 is 0 Å². The molecule has 0 aliphatic carbocycles. The van der Waals surface area contributed by atoms with Gasteiger partial charge in [-0.25, -0.2) is 0 Å². The summed E-state index contributed by atoms with van der Waals surface area (Å²) in [7, 11) is 8.51. The summed E-state index contributed by atoms with van der Waals surface area (Å²) in [5.41, 5.74) is 2.47. The van der Waals surface area contributed by atoms with Crippen LogP contribution in [0.25, 0.3) is 32.3 Å². The molecule has 0 unspecified atom stereocenters. The summed E-state index contributed by atoms with van der Waals surface area (Å²) < 4.78 is 0. The van der Waals surface area contributed by atoms with Crippen LogP contribution >= 0.6 is 0 Å². The Kier molecular flexibility index (Phi) is 6.26. The van der Waals surface area contributed by atoms with Gasteiger partial charge in [-0.2, -0.15) is 0 Å². The highest BCUT2D eigenvalue weighted by atomic mass is 15.1. The Bertz CT molecular complexity index is 1030. The van der Waals surface area contributed by atoms with Crippen molar-refractivity contribution in [1.82, 2.24) is 9.80 Å². The van der Waals surface area contributed by atoms with Crippen LogP contribution in [0, 0.1) is 0 Å². The molecule has 0 saturated heterocycles. The molecule has 0 radical (unpaired) electrons. The van der Waals surface area contributed by atoms with Crippen LogP contribution in [0.15, 0.2) is 48.5 Å². The van der Waals surface area contributed by atoms with Crippen molar-refractivity contribution in [2.75, 3.05) is 65.0 Å². The zero-order chi connectivity index (χ0) is 21.1. The van der Waals surface area contributed by atoms with Gasteiger partial charge in [0.1, 0.15) is 0 Å². The first-order valence-electron chi connectivity index (χ1n) is 11.0. The van der Waals surface area contributed by atoms with Gasteiger partial charge in [0.15, 0.2) is 0 Å². The summed E-state index contributed by atoms with van der Waals surface area (Å²) in [4.78, 5) is 4.47. The molecule has 0 saturated carbocycles. The van der Waals surface area contributed by atoms with Crippen LogP contribution < -0.4 is 10.6 Å². The lowest BCUT2D eigenvalue weighted by atomic mass is 9.92. The fourth-order valence-electron chi connectivity index (χ4n) is 4.35. The number of hydrogen-bond acceptors (Lipinski definition) is 4. The molecule has 4 rings (SSSR count). The van der Waals surface area contributed by atoms with Gasteiger partial charge in [0.25, 0.3) is 0 Å². The van der Waals surface area contributed by atoms with Crippen LogP contribution in [0.5, 0.6) is 0 Å². The van der Waals surface area contributed by atoms with Gasteiger partial charge in [0.05, 0.1) is 0 Å². The maximum Gasteiger partial charge on any atom is 0.0420 e. The Labute approximate surface area is 180 Å². The molecule has 0 aromatic heterocycles. The molecule has 4 nitrogen and oxygen atoms in total. The summed E-state index contributed by atoms with van der Waals surface area (Å²) >= 11 is 0. The van der Waals surface area contributed by atoms with Crippen molar-refractivity contribution in [2.24, 2.45) is 0 Å². The lowest BCUT2D eigenvalue weighted by Gasteiger charge is -2.18. The van der Waals surface area contributed by atoms with E-state index in [1.807, 2.05) is 0 Å². The molecule has 0 bridgehead atoms. The molecule has 0 aliphatic heterocycles.